The van der Waals surface area contributed by atoms with E-state index in [0.29, 0.717) is 0 Å². The van der Waals surface area contributed by atoms with Crippen LogP contribution in [0.1, 0.15) is 13.3 Å². The van der Waals surface area contributed by atoms with Crippen LogP contribution in [0.2, 0.25) is 0 Å². The molecule has 0 radical (unpaired) electrons. The normalized spacial score (nSPS) is 13.8. The third kappa shape index (κ3) is 3.13. The van der Waals surface area contributed by atoms with Crippen LogP contribution in [0.3, 0.4) is 0 Å². The number of hydrogen-bond donors (Lipinski definition) is 3. The van der Waals surface area contributed by atoms with Crippen LogP contribution in [-0.2, 0) is 4.57 Å². The van der Waals surface area contributed by atoms with Gasteiger partial charge in [0.25, 0.3) is 0 Å². The standard InChI is InChI=1S/C5H11O4P/c1-2-5(3-4-6)10(7,8)9/h2,6H,3-4H2,1H3,(H2,7,8,9). The van der Waals surface area contributed by atoms with Crippen molar-refractivity contribution >= 4 is 7.60 Å². The Labute approximate surface area is 59.4 Å². The highest BCUT2D eigenvalue weighted by atomic mass is 31.2. The molecule has 60 valence electrons. The lowest BCUT2D eigenvalue weighted by Gasteiger charge is -2.05. The van der Waals surface area contributed by atoms with E-state index in [4.69, 9.17) is 14.9 Å². The van der Waals surface area contributed by atoms with Crippen molar-refractivity contribution < 1.29 is 19.5 Å². The molecule has 0 bridgehead atoms. The van der Waals surface area contributed by atoms with Gasteiger partial charge in [0.15, 0.2) is 0 Å². The number of aliphatic hydroxyl groups excluding tert-OH is 1. The van der Waals surface area contributed by atoms with Gasteiger partial charge in [0.1, 0.15) is 0 Å². The average Bonchev–Trinajstić information content (AvgIpc) is 1.80. The van der Waals surface area contributed by atoms with Crippen molar-refractivity contribution in [2.45, 2.75) is 13.3 Å². The van der Waals surface area contributed by atoms with E-state index in [0.717, 1.165) is 0 Å². The first kappa shape index (κ1) is 9.85. The predicted molar refractivity (Wildman–Crippen MR) is 37.5 cm³/mol. The maximum atomic E-state index is 10.5. The van der Waals surface area contributed by atoms with Crippen molar-refractivity contribution in [3.05, 3.63) is 11.4 Å². The molecule has 0 unspecified atom stereocenters. The molecule has 0 aromatic heterocycles. The molecule has 0 saturated heterocycles. The summed E-state index contributed by atoms with van der Waals surface area (Å²) in [5.41, 5.74) is 0. The third-order valence-electron chi connectivity index (χ3n) is 1.08. The lowest BCUT2D eigenvalue weighted by molar-refractivity contribution is 0.297. The molecule has 0 fully saturated rings. The van der Waals surface area contributed by atoms with Gasteiger partial charge < -0.3 is 14.9 Å². The van der Waals surface area contributed by atoms with Gasteiger partial charge in [0.2, 0.25) is 0 Å². The molecule has 0 aliphatic carbocycles. The van der Waals surface area contributed by atoms with Crippen LogP contribution in [0.4, 0.5) is 0 Å². The molecule has 3 N–H and O–H groups in total. The Hall–Kier alpha value is -0.150. The number of hydrogen-bond acceptors (Lipinski definition) is 2. The summed E-state index contributed by atoms with van der Waals surface area (Å²) in [4.78, 5) is 17.1. The van der Waals surface area contributed by atoms with Gasteiger partial charge in [-0.3, -0.25) is 4.57 Å². The van der Waals surface area contributed by atoms with Crippen LogP contribution < -0.4 is 0 Å². The van der Waals surface area contributed by atoms with Gasteiger partial charge in [0.05, 0.1) is 0 Å². The predicted octanol–water partition coefficient (Wildman–Crippen LogP) is 0.450. The molecule has 0 aliphatic heterocycles. The minimum atomic E-state index is -4.09. The lowest BCUT2D eigenvalue weighted by Crippen LogP contribution is -1.89. The number of aliphatic hydroxyl groups is 1. The Morgan fingerprint density at radius 1 is 1.60 bits per heavy atom. The van der Waals surface area contributed by atoms with Crippen molar-refractivity contribution in [2.75, 3.05) is 6.61 Å². The largest absolute Gasteiger partial charge is 0.396 e. The van der Waals surface area contributed by atoms with E-state index in [9.17, 15) is 4.57 Å². The first-order chi connectivity index (χ1) is 4.52. The highest BCUT2D eigenvalue weighted by molar-refractivity contribution is 7.56. The Morgan fingerprint density at radius 3 is 2.20 bits per heavy atom. The first-order valence-corrected chi connectivity index (χ1v) is 4.45. The quantitative estimate of drug-likeness (QED) is 0.532. The smallest absolute Gasteiger partial charge is 0.351 e. The highest BCUT2D eigenvalue weighted by Crippen LogP contribution is 2.46. The molecule has 4 nitrogen and oxygen atoms in total. The van der Waals surface area contributed by atoms with E-state index in [2.05, 4.69) is 0 Å². The molecule has 0 spiro atoms. The lowest BCUT2D eigenvalue weighted by atomic mass is 10.4. The minimum absolute atomic E-state index is 0.00463. The molecule has 0 heterocycles. The van der Waals surface area contributed by atoms with Crippen LogP contribution in [0, 0.1) is 0 Å². The van der Waals surface area contributed by atoms with Crippen molar-refractivity contribution in [2.24, 2.45) is 0 Å². The maximum Gasteiger partial charge on any atom is 0.351 e. The van der Waals surface area contributed by atoms with Crippen LogP contribution in [0.15, 0.2) is 11.4 Å². The van der Waals surface area contributed by atoms with Crippen molar-refractivity contribution in [3.63, 3.8) is 0 Å². The molecule has 0 aliphatic rings. The van der Waals surface area contributed by atoms with Gasteiger partial charge in [-0.2, -0.15) is 0 Å². The molecular formula is C5H11O4P. The minimum Gasteiger partial charge on any atom is -0.396 e. The number of allylic oxidation sites excluding steroid dienone is 1. The fraction of sp³-hybridized carbons (Fsp3) is 0.600. The average molecular weight is 166 g/mol. The molecule has 5 heteroatoms. The fourth-order valence-corrected chi connectivity index (χ4v) is 1.30. The molecule has 0 aromatic rings. The molecule has 0 atom stereocenters. The zero-order valence-electron chi connectivity index (χ0n) is 5.69. The molecule has 0 amide bonds. The Morgan fingerprint density at radius 2 is 2.10 bits per heavy atom. The van der Waals surface area contributed by atoms with E-state index in [1.54, 1.807) is 0 Å². The summed E-state index contributed by atoms with van der Waals surface area (Å²) in [6, 6.07) is 0. The second kappa shape index (κ2) is 3.88. The molecule has 0 saturated carbocycles. The molecular weight excluding hydrogens is 155 g/mol. The monoisotopic (exact) mass is 166 g/mol. The third-order valence-corrected chi connectivity index (χ3v) is 2.31. The highest BCUT2D eigenvalue weighted by Gasteiger charge is 2.18. The van der Waals surface area contributed by atoms with Crippen LogP contribution >= 0.6 is 7.60 Å². The zero-order chi connectivity index (χ0) is 8.20. The Bertz CT molecular complexity index is 168. The summed E-state index contributed by atoms with van der Waals surface area (Å²) in [5, 5.41) is 8.34. The SMILES string of the molecule is CC=C(CCO)P(=O)(O)O. The Kier molecular flexibility index (Phi) is 3.83. The molecule has 0 aromatic carbocycles. The summed E-state index contributed by atoms with van der Waals surface area (Å²) >= 11 is 0. The van der Waals surface area contributed by atoms with E-state index < -0.39 is 7.60 Å². The van der Waals surface area contributed by atoms with Crippen molar-refractivity contribution in [1.82, 2.24) is 0 Å². The van der Waals surface area contributed by atoms with Crippen molar-refractivity contribution in [3.8, 4) is 0 Å². The molecule has 10 heavy (non-hydrogen) atoms. The maximum absolute atomic E-state index is 10.5. The summed E-state index contributed by atoms with van der Waals surface area (Å²) < 4.78 is 10.5. The fourth-order valence-electron chi connectivity index (χ4n) is 0.573. The first-order valence-electron chi connectivity index (χ1n) is 2.84. The zero-order valence-corrected chi connectivity index (χ0v) is 6.58. The molecule has 0 rings (SSSR count). The van der Waals surface area contributed by atoms with Crippen LogP contribution in [0.25, 0.3) is 0 Å². The van der Waals surface area contributed by atoms with Gasteiger partial charge in [-0.1, -0.05) is 6.08 Å². The summed E-state index contributed by atoms with van der Waals surface area (Å²) in [7, 11) is -4.09. The van der Waals surface area contributed by atoms with E-state index in [1.807, 2.05) is 0 Å². The van der Waals surface area contributed by atoms with E-state index >= 15 is 0 Å². The second-order valence-electron chi connectivity index (χ2n) is 1.80. The van der Waals surface area contributed by atoms with Gasteiger partial charge in [-0.15, -0.1) is 0 Å². The van der Waals surface area contributed by atoms with Gasteiger partial charge in [0, 0.05) is 18.3 Å². The van der Waals surface area contributed by atoms with Gasteiger partial charge in [-0.25, -0.2) is 0 Å². The topological polar surface area (TPSA) is 77.8 Å². The van der Waals surface area contributed by atoms with E-state index in [-0.39, 0.29) is 18.3 Å². The van der Waals surface area contributed by atoms with Gasteiger partial charge in [-0.05, 0) is 6.92 Å². The van der Waals surface area contributed by atoms with E-state index in [1.165, 1.54) is 13.0 Å². The summed E-state index contributed by atoms with van der Waals surface area (Å²) in [5.74, 6) is 0. The number of rotatable bonds is 3. The summed E-state index contributed by atoms with van der Waals surface area (Å²) in [6.45, 7) is 1.30. The summed E-state index contributed by atoms with van der Waals surface area (Å²) in [6.07, 6.45) is 1.37. The second-order valence-corrected chi connectivity index (χ2v) is 3.46. The Balaban J connectivity index is 4.25. The van der Waals surface area contributed by atoms with Crippen LogP contribution in [-0.4, -0.2) is 21.5 Å². The van der Waals surface area contributed by atoms with Gasteiger partial charge >= 0.3 is 7.60 Å². The van der Waals surface area contributed by atoms with Crippen molar-refractivity contribution in [1.29, 1.82) is 0 Å². The van der Waals surface area contributed by atoms with Crippen LogP contribution in [0.5, 0.6) is 0 Å².